The van der Waals surface area contributed by atoms with Crippen LogP contribution in [0.5, 0.6) is 5.75 Å². The first-order valence-electron chi connectivity index (χ1n) is 8.26. The topological polar surface area (TPSA) is 102 Å². The third-order valence-corrected chi connectivity index (χ3v) is 3.99. The minimum Gasteiger partial charge on any atom is -0.493 e. The Hall–Kier alpha value is -3.36. The summed E-state index contributed by atoms with van der Waals surface area (Å²) >= 11 is 0. The van der Waals surface area contributed by atoms with Gasteiger partial charge in [-0.2, -0.15) is 0 Å². The van der Waals surface area contributed by atoms with Gasteiger partial charge in [-0.05, 0) is 31.0 Å². The van der Waals surface area contributed by atoms with Gasteiger partial charge in [0.1, 0.15) is 17.3 Å². The molecule has 7 nitrogen and oxygen atoms in total. The van der Waals surface area contributed by atoms with Crippen LogP contribution in [0.2, 0.25) is 0 Å². The van der Waals surface area contributed by atoms with Crippen molar-refractivity contribution in [3.05, 3.63) is 53.2 Å². The maximum Gasteiger partial charge on any atom is 0.260 e. The molecule has 1 aromatic heterocycles. The summed E-state index contributed by atoms with van der Waals surface area (Å²) in [7, 11) is 0. The normalized spacial score (nSPS) is 15.3. The van der Waals surface area contributed by atoms with E-state index in [1.807, 2.05) is 0 Å². The number of halogens is 2. The highest BCUT2D eigenvalue weighted by atomic mass is 19.2. The number of aromatic nitrogens is 1. The Kier molecular flexibility index (Phi) is 5.39. The highest BCUT2D eigenvalue weighted by Gasteiger charge is 2.19. The molecule has 1 aliphatic heterocycles. The molecule has 0 atom stereocenters. The minimum absolute atomic E-state index is 0.0209. The van der Waals surface area contributed by atoms with Gasteiger partial charge in [-0.1, -0.05) is 6.07 Å². The number of nitrogens with zero attached hydrogens (tertiary/aromatic N) is 2. The molecule has 0 aliphatic carbocycles. The van der Waals surface area contributed by atoms with Crippen LogP contribution in [0.1, 0.15) is 28.9 Å². The van der Waals surface area contributed by atoms with E-state index in [-0.39, 0.29) is 35.3 Å². The van der Waals surface area contributed by atoms with Crippen molar-refractivity contribution in [3.8, 4) is 5.75 Å². The van der Waals surface area contributed by atoms with E-state index in [4.69, 9.17) is 15.6 Å². The molecule has 2 aromatic rings. The zero-order valence-electron chi connectivity index (χ0n) is 14.3. The quantitative estimate of drug-likeness (QED) is 0.528. The summed E-state index contributed by atoms with van der Waals surface area (Å²) in [6.45, 7) is 0.572. The van der Waals surface area contributed by atoms with E-state index in [9.17, 15) is 13.6 Å². The van der Waals surface area contributed by atoms with Crippen molar-refractivity contribution in [2.45, 2.75) is 12.8 Å². The highest BCUT2D eigenvalue weighted by Crippen LogP contribution is 2.24. The lowest BCUT2D eigenvalue weighted by Gasteiger charge is -2.20. The van der Waals surface area contributed by atoms with Crippen LogP contribution in [0.15, 0.2) is 30.3 Å². The lowest BCUT2D eigenvalue weighted by atomic mass is 10.1. The predicted molar refractivity (Wildman–Crippen MR) is 95.6 cm³/mol. The molecule has 9 heteroatoms. The standard InChI is InChI=1S/C18H17F2N5O2/c19-12-8-11-15(9-13(12)20)27-7-2-1-6-25(10-21)17(22)14-4-3-5-16(23-14)24-18(11)26/h3-5,8-10,21-22H,1-2,6-7H2,(H,23,24,26). The minimum atomic E-state index is -1.15. The Morgan fingerprint density at radius 2 is 2.00 bits per heavy atom. The Balaban J connectivity index is 2.00. The number of amides is 1. The van der Waals surface area contributed by atoms with E-state index >= 15 is 0 Å². The third-order valence-electron chi connectivity index (χ3n) is 3.99. The second-order valence-electron chi connectivity index (χ2n) is 5.85. The average Bonchev–Trinajstić information content (AvgIpc) is 2.66. The molecule has 3 N–H and O–H groups in total. The smallest absolute Gasteiger partial charge is 0.260 e. The Bertz CT molecular complexity index is 903. The number of ether oxygens (including phenoxy) is 1. The number of pyridine rings is 1. The van der Waals surface area contributed by atoms with Crippen LogP contribution in [0.4, 0.5) is 14.6 Å². The van der Waals surface area contributed by atoms with Gasteiger partial charge in [-0.3, -0.25) is 15.6 Å². The molecule has 1 aliphatic rings. The SMILES string of the molecule is N=CN1CCCCOc2cc(F)c(F)cc2C(=O)Nc2cccc(n2)C1=N. The molecule has 1 aromatic carbocycles. The Morgan fingerprint density at radius 3 is 2.78 bits per heavy atom. The van der Waals surface area contributed by atoms with Gasteiger partial charge in [0.15, 0.2) is 17.5 Å². The van der Waals surface area contributed by atoms with Crippen LogP contribution < -0.4 is 10.1 Å². The van der Waals surface area contributed by atoms with Crippen LogP contribution in [0.25, 0.3) is 0 Å². The van der Waals surface area contributed by atoms with Gasteiger partial charge < -0.3 is 15.0 Å². The number of carbonyl (C=O) groups excluding carboxylic acids is 1. The summed E-state index contributed by atoms with van der Waals surface area (Å²) in [6.07, 6.45) is 2.16. The lowest BCUT2D eigenvalue weighted by Crippen LogP contribution is -2.31. The first-order chi connectivity index (χ1) is 13.0. The molecule has 27 heavy (non-hydrogen) atoms. The second kappa shape index (κ2) is 7.90. The molecule has 0 saturated carbocycles. The lowest BCUT2D eigenvalue weighted by molar-refractivity contribution is 0.102. The average molecular weight is 373 g/mol. The van der Waals surface area contributed by atoms with Crippen LogP contribution in [-0.2, 0) is 0 Å². The molecule has 0 fully saturated rings. The number of hydrogen-bond donors (Lipinski definition) is 3. The molecule has 3 rings (SSSR count). The number of rotatable bonds is 1. The van der Waals surface area contributed by atoms with Crippen LogP contribution in [0, 0.1) is 22.5 Å². The molecular weight excluding hydrogens is 356 g/mol. The van der Waals surface area contributed by atoms with Gasteiger partial charge in [0.2, 0.25) is 0 Å². The van der Waals surface area contributed by atoms with E-state index < -0.39 is 17.5 Å². The van der Waals surface area contributed by atoms with Gasteiger partial charge in [0.25, 0.3) is 5.91 Å². The third kappa shape index (κ3) is 4.08. The van der Waals surface area contributed by atoms with Crippen molar-refractivity contribution in [1.29, 1.82) is 10.8 Å². The van der Waals surface area contributed by atoms with Crippen LogP contribution in [0.3, 0.4) is 0 Å². The number of nitrogens with one attached hydrogen (secondary N) is 3. The number of benzene rings is 1. The molecule has 0 radical (unpaired) electrons. The zero-order valence-corrected chi connectivity index (χ0v) is 14.3. The molecule has 0 unspecified atom stereocenters. The molecule has 140 valence electrons. The maximum absolute atomic E-state index is 13.6. The van der Waals surface area contributed by atoms with Gasteiger partial charge in [-0.15, -0.1) is 0 Å². The second-order valence-corrected chi connectivity index (χ2v) is 5.85. The van der Waals surface area contributed by atoms with Crippen molar-refractivity contribution in [2.24, 2.45) is 0 Å². The van der Waals surface area contributed by atoms with Gasteiger partial charge >= 0.3 is 0 Å². The summed E-state index contributed by atoms with van der Waals surface area (Å²) in [5, 5.41) is 18.2. The molecule has 2 bridgehead atoms. The largest absolute Gasteiger partial charge is 0.493 e. The molecule has 0 saturated heterocycles. The van der Waals surface area contributed by atoms with E-state index in [0.29, 0.717) is 19.4 Å². The summed E-state index contributed by atoms with van der Waals surface area (Å²) in [5.74, 6) is -2.87. The number of anilines is 1. The monoisotopic (exact) mass is 373 g/mol. The fourth-order valence-corrected chi connectivity index (χ4v) is 2.60. The summed E-state index contributed by atoms with van der Waals surface area (Å²) in [5.41, 5.74) is 0.129. The van der Waals surface area contributed by atoms with Crippen molar-refractivity contribution < 1.29 is 18.3 Å². The Labute approximate surface area is 154 Å². The summed E-state index contributed by atoms with van der Waals surface area (Å²) in [4.78, 5) is 18.1. The summed E-state index contributed by atoms with van der Waals surface area (Å²) in [6, 6.07) is 6.33. The zero-order chi connectivity index (χ0) is 19.4. The highest BCUT2D eigenvalue weighted by molar-refractivity contribution is 6.06. The first kappa shape index (κ1) is 18.4. The molecule has 0 spiro atoms. The van der Waals surface area contributed by atoms with Crippen molar-refractivity contribution >= 4 is 23.9 Å². The number of amidine groups is 1. The fourth-order valence-electron chi connectivity index (χ4n) is 2.60. The van der Waals surface area contributed by atoms with Gasteiger partial charge in [0, 0.05) is 12.6 Å². The maximum atomic E-state index is 13.6. The van der Waals surface area contributed by atoms with Crippen LogP contribution in [-0.4, -0.2) is 41.1 Å². The van der Waals surface area contributed by atoms with E-state index in [1.165, 1.54) is 11.0 Å². The van der Waals surface area contributed by atoms with E-state index in [0.717, 1.165) is 18.5 Å². The van der Waals surface area contributed by atoms with Crippen molar-refractivity contribution in [2.75, 3.05) is 18.5 Å². The predicted octanol–water partition coefficient (Wildman–Crippen LogP) is 3.02. The fraction of sp³-hybridized carbons (Fsp3) is 0.222. The van der Waals surface area contributed by atoms with Gasteiger partial charge in [0.05, 0.1) is 18.5 Å². The van der Waals surface area contributed by atoms with Gasteiger partial charge in [-0.25, -0.2) is 13.8 Å². The molecule has 1 amide bonds. The number of carbonyl (C=O) groups is 1. The van der Waals surface area contributed by atoms with Crippen molar-refractivity contribution in [1.82, 2.24) is 9.88 Å². The molecular formula is C18H17F2N5O2. The first-order valence-corrected chi connectivity index (χ1v) is 8.26. The number of hydrogen-bond acceptors (Lipinski definition) is 5. The number of fused-ring (bicyclic) bond motifs is 3. The Morgan fingerprint density at radius 1 is 1.22 bits per heavy atom. The van der Waals surface area contributed by atoms with Crippen molar-refractivity contribution in [3.63, 3.8) is 0 Å². The molecule has 2 heterocycles. The van der Waals surface area contributed by atoms with E-state index in [1.54, 1.807) is 12.1 Å². The summed E-state index contributed by atoms with van der Waals surface area (Å²) < 4.78 is 32.7. The van der Waals surface area contributed by atoms with E-state index in [2.05, 4.69) is 10.3 Å². The van der Waals surface area contributed by atoms with Crippen LogP contribution >= 0.6 is 0 Å².